The summed E-state index contributed by atoms with van der Waals surface area (Å²) in [7, 11) is 3.18. The predicted molar refractivity (Wildman–Crippen MR) is 131 cm³/mol. The van der Waals surface area contributed by atoms with Gasteiger partial charge in [0.05, 0.1) is 14.2 Å². The number of nitrogens with one attached hydrogen (secondary N) is 1. The highest BCUT2D eigenvalue weighted by Gasteiger charge is 2.31. The van der Waals surface area contributed by atoms with E-state index >= 15 is 0 Å². The van der Waals surface area contributed by atoms with Crippen molar-refractivity contribution in [3.63, 3.8) is 0 Å². The van der Waals surface area contributed by atoms with Crippen molar-refractivity contribution >= 4 is 22.8 Å². The molecule has 0 saturated carbocycles. The van der Waals surface area contributed by atoms with Gasteiger partial charge in [0.1, 0.15) is 23.4 Å². The molecule has 1 unspecified atom stereocenters. The minimum absolute atomic E-state index is 0.0665. The number of aliphatic carboxylic acids is 1. The fraction of sp³-hybridized carbons (Fsp3) is 0.407. The molecule has 0 aliphatic heterocycles. The van der Waals surface area contributed by atoms with Crippen molar-refractivity contribution in [3.8, 4) is 11.5 Å². The third-order valence-electron chi connectivity index (χ3n) is 6.83. The second-order valence-electron chi connectivity index (χ2n) is 8.90. The molecule has 1 aliphatic carbocycles. The van der Waals surface area contributed by atoms with E-state index in [0.29, 0.717) is 50.0 Å². The van der Waals surface area contributed by atoms with Crippen LogP contribution in [0.2, 0.25) is 0 Å². The number of aryl methyl sites for hydroxylation is 1. The Labute approximate surface area is 203 Å². The van der Waals surface area contributed by atoms with Crippen LogP contribution in [0.4, 0.5) is 4.39 Å². The third-order valence-corrected chi connectivity index (χ3v) is 6.83. The zero-order valence-corrected chi connectivity index (χ0v) is 20.3. The van der Waals surface area contributed by atoms with Crippen LogP contribution >= 0.6 is 0 Å². The van der Waals surface area contributed by atoms with Crippen LogP contribution in [0.25, 0.3) is 10.9 Å². The molecule has 1 heterocycles. The molecule has 35 heavy (non-hydrogen) atoms. The van der Waals surface area contributed by atoms with Crippen molar-refractivity contribution in [2.45, 2.75) is 57.5 Å². The molecule has 0 spiro atoms. The summed E-state index contributed by atoms with van der Waals surface area (Å²) in [4.78, 5) is 24.7. The standard InChI is InChI=1S/C27H31FN2O5/c1-4-22(27(32)33)30-23-10-7-17(28)13-20(23)21-14-18(8-11-24(21)30)29-26(31)12-6-16-5-9-19(34-2)15-25(16)35-3/h5,7,9-10,13,15,18,22H,4,6,8,11-12,14H2,1-3H3,(H,29,31)(H,32,33)/t18-,22?/m0/s1. The summed E-state index contributed by atoms with van der Waals surface area (Å²) < 4.78 is 26.6. The molecule has 4 rings (SSSR count). The lowest BCUT2D eigenvalue weighted by molar-refractivity contribution is -0.141. The Hall–Kier alpha value is -3.55. The summed E-state index contributed by atoms with van der Waals surface area (Å²) >= 11 is 0. The first-order valence-electron chi connectivity index (χ1n) is 11.9. The molecule has 1 aliphatic rings. The Morgan fingerprint density at radius 3 is 2.69 bits per heavy atom. The van der Waals surface area contributed by atoms with Gasteiger partial charge in [-0.2, -0.15) is 0 Å². The molecule has 7 nitrogen and oxygen atoms in total. The summed E-state index contributed by atoms with van der Waals surface area (Å²) in [5, 5.41) is 13.6. The van der Waals surface area contributed by atoms with E-state index in [1.807, 2.05) is 23.6 Å². The number of methoxy groups -OCH3 is 2. The fourth-order valence-corrected chi connectivity index (χ4v) is 5.12. The number of aromatic nitrogens is 1. The molecule has 8 heteroatoms. The number of carboxylic acids is 1. The normalized spacial score (nSPS) is 15.9. The number of nitrogens with zero attached hydrogens (tertiary/aromatic N) is 1. The van der Waals surface area contributed by atoms with E-state index in [1.54, 1.807) is 26.4 Å². The van der Waals surface area contributed by atoms with Crippen LogP contribution in [0.15, 0.2) is 36.4 Å². The summed E-state index contributed by atoms with van der Waals surface area (Å²) in [6, 6.07) is 9.22. The number of fused-ring (bicyclic) bond motifs is 3. The molecule has 0 fully saturated rings. The van der Waals surface area contributed by atoms with E-state index in [9.17, 15) is 19.1 Å². The molecule has 2 atom stereocenters. The molecular formula is C27H31FN2O5. The quantitative estimate of drug-likeness (QED) is 0.471. The summed E-state index contributed by atoms with van der Waals surface area (Å²) in [5.74, 6) is 0.0413. The first-order chi connectivity index (χ1) is 16.9. The van der Waals surface area contributed by atoms with Gasteiger partial charge in [-0.3, -0.25) is 4.79 Å². The van der Waals surface area contributed by atoms with Crippen molar-refractivity contribution in [2.75, 3.05) is 14.2 Å². The van der Waals surface area contributed by atoms with E-state index in [4.69, 9.17) is 9.47 Å². The lowest BCUT2D eigenvalue weighted by Crippen LogP contribution is -2.39. The van der Waals surface area contributed by atoms with Crippen LogP contribution in [0, 0.1) is 5.82 Å². The van der Waals surface area contributed by atoms with Crippen molar-refractivity contribution in [1.29, 1.82) is 0 Å². The van der Waals surface area contributed by atoms with Gasteiger partial charge in [0.15, 0.2) is 0 Å². The Balaban J connectivity index is 1.51. The molecule has 3 aromatic rings. The first kappa shape index (κ1) is 24.6. The van der Waals surface area contributed by atoms with Crippen LogP contribution in [0.3, 0.4) is 0 Å². The largest absolute Gasteiger partial charge is 0.497 e. The number of benzene rings is 2. The molecule has 186 valence electrons. The lowest BCUT2D eigenvalue weighted by atomic mass is 9.91. The Kier molecular flexibility index (Phi) is 7.28. The Bertz CT molecular complexity index is 1250. The van der Waals surface area contributed by atoms with E-state index in [1.165, 1.54) is 12.1 Å². The fourth-order valence-electron chi connectivity index (χ4n) is 5.12. The van der Waals surface area contributed by atoms with Crippen LogP contribution in [-0.2, 0) is 28.9 Å². The van der Waals surface area contributed by atoms with Gasteiger partial charge in [-0.1, -0.05) is 13.0 Å². The van der Waals surface area contributed by atoms with E-state index in [2.05, 4.69) is 5.32 Å². The topological polar surface area (TPSA) is 89.8 Å². The van der Waals surface area contributed by atoms with Gasteiger partial charge in [0.25, 0.3) is 0 Å². The van der Waals surface area contributed by atoms with Gasteiger partial charge in [-0.15, -0.1) is 0 Å². The number of carbonyl (C=O) groups excluding carboxylic acids is 1. The minimum Gasteiger partial charge on any atom is -0.497 e. The second kappa shape index (κ2) is 10.4. The van der Waals surface area contributed by atoms with E-state index in [0.717, 1.165) is 27.7 Å². The maximum Gasteiger partial charge on any atom is 0.326 e. The zero-order chi connectivity index (χ0) is 25.1. The van der Waals surface area contributed by atoms with Crippen LogP contribution in [-0.4, -0.2) is 41.8 Å². The smallest absolute Gasteiger partial charge is 0.326 e. The number of carboxylic acid groups (broad SMARTS) is 1. The molecule has 1 amide bonds. The molecule has 2 N–H and O–H groups in total. The number of amides is 1. The van der Waals surface area contributed by atoms with Crippen molar-refractivity contribution < 1.29 is 28.6 Å². The average Bonchev–Trinajstić information content (AvgIpc) is 3.15. The molecular weight excluding hydrogens is 451 g/mol. The Morgan fingerprint density at radius 2 is 2.00 bits per heavy atom. The van der Waals surface area contributed by atoms with Crippen LogP contribution in [0.1, 0.15) is 49.0 Å². The van der Waals surface area contributed by atoms with Gasteiger partial charge in [-0.25, -0.2) is 9.18 Å². The number of carbonyl (C=O) groups is 2. The summed E-state index contributed by atoms with van der Waals surface area (Å²) in [5.41, 5.74) is 3.50. The van der Waals surface area contributed by atoms with Gasteiger partial charge in [0.2, 0.25) is 5.91 Å². The van der Waals surface area contributed by atoms with Gasteiger partial charge in [0, 0.05) is 35.1 Å². The summed E-state index contributed by atoms with van der Waals surface area (Å²) in [6.07, 6.45) is 3.11. The van der Waals surface area contributed by atoms with Crippen molar-refractivity contribution in [1.82, 2.24) is 9.88 Å². The molecule has 0 bridgehead atoms. The Morgan fingerprint density at radius 1 is 1.20 bits per heavy atom. The minimum atomic E-state index is -0.902. The lowest BCUT2D eigenvalue weighted by Gasteiger charge is -2.26. The predicted octanol–water partition coefficient (Wildman–Crippen LogP) is 4.44. The highest BCUT2D eigenvalue weighted by molar-refractivity contribution is 5.88. The molecule has 0 radical (unpaired) electrons. The maximum atomic E-state index is 14.1. The van der Waals surface area contributed by atoms with E-state index < -0.39 is 12.0 Å². The highest BCUT2D eigenvalue weighted by atomic mass is 19.1. The van der Waals surface area contributed by atoms with Gasteiger partial charge < -0.3 is 24.5 Å². The van der Waals surface area contributed by atoms with Crippen molar-refractivity contribution in [2.24, 2.45) is 0 Å². The van der Waals surface area contributed by atoms with Crippen LogP contribution < -0.4 is 14.8 Å². The molecule has 1 aromatic heterocycles. The maximum absolute atomic E-state index is 14.1. The number of hydrogen-bond donors (Lipinski definition) is 2. The molecule has 2 aromatic carbocycles. The average molecular weight is 483 g/mol. The van der Waals surface area contributed by atoms with Crippen molar-refractivity contribution in [3.05, 3.63) is 59.0 Å². The monoisotopic (exact) mass is 482 g/mol. The second-order valence-corrected chi connectivity index (χ2v) is 8.90. The van der Waals surface area contributed by atoms with Gasteiger partial charge in [-0.05, 0) is 67.5 Å². The number of hydrogen-bond acceptors (Lipinski definition) is 4. The number of halogens is 1. The number of rotatable bonds is 9. The first-order valence-corrected chi connectivity index (χ1v) is 11.9. The van der Waals surface area contributed by atoms with Crippen LogP contribution in [0.5, 0.6) is 11.5 Å². The molecule has 0 saturated heterocycles. The SMILES string of the molecule is CCC(C(=O)O)n1c2c(c3cc(F)ccc31)C[C@@H](NC(=O)CCc1ccc(OC)cc1OC)CC2. The highest BCUT2D eigenvalue weighted by Crippen LogP contribution is 2.36. The van der Waals surface area contributed by atoms with Gasteiger partial charge >= 0.3 is 5.97 Å². The number of ether oxygens (including phenoxy) is 2. The summed E-state index contributed by atoms with van der Waals surface area (Å²) in [6.45, 7) is 1.84. The third kappa shape index (κ3) is 4.97. The zero-order valence-electron chi connectivity index (χ0n) is 20.3. The van der Waals surface area contributed by atoms with E-state index in [-0.39, 0.29) is 17.8 Å².